The highest BCUT2D eigenvalue weighted by atomic mass is 16.6. The van der Waals surface area contributed by atoms with E-state index in [9.17, 15) is 14.7 Å². The van der Waals surface area contributed by atoms with Gasteiger partial charge in [0.25, 0.3) is 0 Å². The summed E-state index contributed by atoms with van der Waals surface area (Å²) < 4.78 is 15.2. The van der Waals surface area contributed by atoms with Crippen LogP contribution >= 0.6 is 0 Å². The van der Waals surface area contributed by atoms with Gasteiger partial charge in [0, 0.05) is 5.56 Å². The third-order valence-corrected chi connectivity index (χ3v) is 2.87. The third kappa shape index (κ3) is 9.45. The minimum Gasteiger partial charge on any atom is -0.504 e. The van der Waals surface area contributed by atoms with E-state index in [-0.39, 0.29) is 17.1 Å². The minimum absolute atomic E-state index is 0.157. The number of amides is 2. The van der Waals surface area contributed by atoms with Gasteiger partial charge in [-0.15, -0.1) is 0 Å². The quantitative estimate of drug-likeness (QED) is 0.507. The van der Waals surface area contributed by atoms with E-state index in [0.29, 0.717) is 5.56 Å². The van der Waals surface area contributed by atoms with Gasteiger partial charge in [-0.3, -0.25) is 0 Å². The smallest absolute Gasteiger partial charge is 0.428 e. The first-order chi connectivity index (χ1) is 13.3. The van der Waals surface area contributed by atoms with Gasteiger partial charge in [-0.1, -0.05) is 0 Å². The molecular weight excluding hydrogens is 380 g/mol. The first kappa shape index (κ1) is 23.7. The summed E-state index contributed by atoms with van der Waals surface area (Å²) in [5.41, 5.74) is 3.87. The zero-order chi connectivity index (χ0) is 22.2. The zero-order valence-corrected chi connectivity index (χ0v) is 17.7. The Balaban J connectivity index is 2.89. The van der Waals surface area contributed by atoms with Crippen LogP contribution in [0.5, 0.6) is 11.5 Å². The molecule has 1 aromatic carbocycles. The first-order valence-corrected chi connectivity index (χ1v) is 8.76. The Hall–Kier alpha value is -3.30. The summed E-state index contributed by atoms with van der Waals surface area (Å²) in [5.74, 6) is -0.0237. The van der Waals surface area contributed by atoms with Crippen LogP contribution in [0.4, 0.5) is 9.59 Å². The Labute approximate surface area is 169 Å². The van der Waals surface area contributed by atoms with Crippen molar-refractivity contribution in [1.29, 1.82) is 0 Å². The molecule has 2 amide bonds. The Bertz CT molecular complexity index is 791. The van der Waals surface area contributed by atoms with E-state index < -0.39 is 23.4 Å². The summed E-state index contributed by atoms with van der Waals surface area (Å²) >= 11 is 0. The first-order valence-electron chi connectivity index (χ1n) is 8.76. The fourth-order valence-corrected chi connectivity index (χ4v) is 1.90. The van der Waals surface area contributed by atoms with Crippen molar-refractivity contribution in [1.82, 2.24) is 10.9 Å². The van der Waals surface area contributed by atoms with Crippen LogP contribution in [0.25, 0.3) is 0 Å². The molecule has 10 heteroatoms. The standard InChI is InChI=1S/C19H28N4O6/c1-18(2,3)28-16(25)22-20-10-12-8-13(15(24)14(9-12)27-7)11-21-23-17(26)29-19(4,5)6/h8-11,24H,1-7H3,(H,22,25)(H,23,26)/b20-10?,21-11+. The van der Waals surface area contributed by atoms with Crippen molar-refractivity contribution in [3.05, 3.63) is 23.3 Å². The largest absolute Gasteiger partial charge is 0.504 e. The van der Waals surface area contributed by atoms with E-state index in [4.69, 9.17) is 14.2 Å². The third-order valence-electron chi connectivity index (χ3n) is 2.87. The lowest BCUT2D eigenvalue weighted by atomic mass is 10.1. The summed E-state index contributed by atoms with van der Waals surface area (Å²) in [4.78, 5) is 23.2. The highest BCUT2D eigenvalue weighted by molar-refractivity contribution is 5.91. The lowest BCUT2D eigenvalue weighted by Crippen LogP contribution is -2.29. The number of methoxy groups -OCH3 is 1. The van der Waals surface area contributed by atoms with E-state index >= 15 is 0 Å². The molecule has 3 N–H and O–H groups in total. The molecule has 0 atom stereocenters. The number of aromatic hydroxyl groups is 1. The summed E-state index contributed by atoms with van der Waals surface area (Å²) in [6, 6.07) is 3.03. The summed E-state index contributed by atoms with van der Waals surface area (Å²) in [5, 5.41) is 17.8. The number of rotatable bonds is 5. The van der Waals surface area contributed by atoms with Gasteiger partial charge in [-0.05, 0) is 59.2 Å². The average Bonchev–Trinajstić information content (AvgIpc) is 2.53. The number of nitrogens with zero attached hydrogens (tertiary/aromatic N) is 2. The number of hydrogen-bond donors (Lipinski definition) is 3. The molecule has 29 heavy (non-hydrogen) atoms. The zero-order valence-electron chi connectivity index (χ0n) is 17.7. The van der Waals surface area contributed by atoms with Gasteiger partial charge in [-0.2, -0.15) is 10.2 Å². The van der Waals surface area contributed by atoms with Crippen molar-refractivity contribution in [3.8, 4) is 11.5 Å². The van der Waals surface area contributed by atoms with E-state index in [2.05, 4.69) is 21.1 Å². The van der Waals surface area contributed by atoms with Crippen molar-refractivity contribution in [2.45, 2.75) is 52.7 Å². The minimum atomic E-state index is -0.737. The molecule has 1 rings (SSSR count). The van der Waals surface area contributed by atoms with Crippen molar-refractivity contribution >= 4 is 24.6 Å². The van der Waals surface area contributed by atoms with Gasteiger partial charge in [0.1, 0.15) is 11.2 Å². The molecule has 0 aliphatic rings. The Kier molecular flexibility index (Phi) is 7.99. The highest BCUT2D eigenvalue weighted by Crippen LogP contribution is 2.30. The lowest BCUT2D eigenvalue weighted by Gasteiger charge is -2.18. The monoisotopic (exact) mass is 408 g/mol. The number of carbonyl (C=O) groups excluding carboxylic acids is 2. The number of benzene rings is 1. The second-order valence-corrected chi connectivity index (χ2v) is 7.90. The van der Waals surface area contributed by atoms with Crippen molar-refractivity contribution in [2.24, 2.45) is 10.2 Å². The SMILES string of the molecule is COc1cc(C=NNC(=O)OC(C)(C)C)cc(/C=N/NC(=O)OC(C)(C)C)c1O. The van der Waals surface area contributed by atoms with Crippen LogP contribution < -0.4 is 15.6 Å². The summed E-state index contributed by atoms with van der Waals surface area (Å²) in [6.07, 6.45) is 1.12. The molecule has 0 bridgehead atoms. The second kappa shape index (κ2) is 9.76. The Morgan fingerprint density at radius 1 is 0.931 bits per heavy atom. The molecule has 0 aromatic heterocycles. The maximum absolute atomic E-state index is 11.6. The molecule has 0 spiro atoms. The molecule has 0 aliphatic heterocycles. The number of phenols is 1. The van der Waals surface area contributed by atoms with E-state index in [0.717, 1.165) is 0 Å². The normalized spacial score (nSPS) is 12.1. The molecule has 0 saturated carbocycles. The molecular formula is C19H28N4O6. The van der Waals surface area contributed by atoms with Crippen LogP contribution in [0.3, 0.4) is 0 Å². The van der Waals surface area contributed by atoms with E-state index in [1.165, 1.54) is 31.7 Å². The van der Waals surface area contributed by atoms with Gasteiger partial charge in [-0.25, -0.2) is 20.4 Å². The number of hydrogen-bond acceptors (Lipinski definition) is 8. The topological polar surface area (TPSA) is 131 Å². The molecule has 10 nitrogen and oxygen atoms in total. The van der Waals surface area contributed by atoms with Gasteiger partial charge in [0.15, 0.2) is 11.5 Å². The molecule has 0 saturated heterocycles. The maximum Gasteiger partial charge on any atom is 0.428 e. The molecule has 1 aromatic rings. The number of ether oxygens (including phenoxy) is 3. The van der Waals surface area contributed by atoms with Gasteiger partial charge >= 0.3 is 12.2 Å². The second-order valence-electron chi connectivity index (χ2n) is 7.90. The van der Waals surface area contributed by atoms with E-state index in [1.807, 2.05) is 0 Å². The molecule has 0 radical (unpaired) electrons. The summed E-state index contributed by atoms with van der Waals surface area (Å²) in [6.45, 7) is 10.4. The Morgan fingerprint density at radius 2 is 1.41 bits per heavy atom. The van der Waals surface area contributed by atoms with Gasteiger partial charge in [0.2, 0.25) is 0 Å². The number of phenolic OH excluding ortho intramolecular Hbond substituents is 1. The number of hydrazone groups is 2. The van der Waals surface area contributed by atoms with Crippen LogP contribution in [0.2, 0.25) is 0 Å². The Morgan fingerprint density at radius 3 is 1.86 bits per heavy atom. The van der Waals surface area contributed by atoms with Crippen molar-refractivity contribution < 1.29 is 28.9 Å². The molecule has 0 fully saturated rings. The maximum atomic E-state index is 11.6. The molecule has 0 unspecified atom stereocenters. The van der Waals surface area contributed by atoms with Crippen LogP contribution in [0.15, 0.2) is 22.3 Å². The summed E-state index contributed by atoms with van der Waals surface area (Å²) in [7, 11) is 1.38. The van der Waals surface area contributed by atoms with Gasteiger partial charge in [0.05, 0.1) is 19.5 Å². The van der Waals surface area contributed by atoms with Crippen molar-refractivity contribution in [3.63, 3.8) is 0 Å². The predicted molar refractivity (Wildman–Crippen MR) is 109 cm³/mol. The lowest BCUT2D eigenvalue weighted by molar-refractivity contribution is 0.0518. The fraction of sp³-hybridized carbons (Fsp3) is 0.474. The molecule has 160 valence electrons. The van der Waals surface area contributed by atoms with Crippen LogP contribution in [-0.4, -0.2) is 48.0 Å². The average molecular weight is 408 g/mol. The molecule has 0 heterocycles. The van der Waals surface area contributed by atoms with Crippen LogP contribution in [0, 0.1) is 0 Å². The van der Waals surface area contributed by atoms with Crippen LogP contribution in [-0.2, 0) is 9.47 Å². The predicted octanol–water partition coefficient (Wildman–Crippen LogP) is 3.12. The number of nitrogens with one attached hydrogen (secondary N) is 2. The van der Waals surface area contributed by atoms with E-state index in [1.54, 1.807) is 41.5 Å². The molecule has 0 aliphatic carbocycles. The number of carbonyl (C=O) groups is 2. The van der Waals surface area contributed by atoms with Crippen molar-refractivity contribution in [2.75, 3.05) is 7.11 Å². The van der Waals surface area contributed by atoms with Crippen LogP contribution in [0.1, 0.15) is 52.7 Å². The van der Waals surface area contributed by atoms with Gasteiger partial charge < -0.3 is 19.3 Å². The fourth-order valence-electron chi connectivity index (χ4n) is 1.90. The highest BCUT2D eigenvalue weighted by Gasteiger charge is 2.16.